The van der Waals surface area contributed by atoms with Crippen molar-refractivity contribution in [2.75, 3.05) is 0 Å². The van der Waals surface area contributed by atoms with Gasteiger partial charge in [-0.1, -0.05) is 25.4 Å². The van der Waals surface area contributed by atoms with Gasteiger partial charge in [-0.15, -0.1) is 0 Å². The largest absolute Gasteiger partial charge is 0.287 e. The Morgan fingerprint density at radius 3 is 2.75 bits per heavy atom. The van der Waals surface area contributed by atoms with Crippen molar-refractivity contribution in [3.8, 4) is 0 Å². The standard InChI is InChI=1S/C14H17ClN4O/c1-4-6-19-13(11(15)8-16-19)14(20)10-7-9(3)17-18-12(10)5-2/h7-8H,4-6H2,1-3H3. The lowest BCUT2D eigenvalue weighted by atomic mass is 10.0. The van der Waals surface area contributed by atoms with Gasteiger partial charge in [0.05, 0.1) is 22.6 Å². The fourth-order valence-corrected chi connectivity index (χ4v) is 2.30. The molecule has 6 heteroatoms. The molecular weight excluding hydrogens is 276 g/mol. The number of aromatic nitrogens is 4. The molecule has 5 nitrogen and oxygen atoms in total. The Bertz CT molecular complexity index is 636. The number of halogens is 1. The average Bonchev–Trinajstić information content (AvgIpc) is 2.79. The van der Waals surface area contributed by atoms with Gasteiger partial charge >= 0.3 is 0 Å². The molecule has 0 aliphatic heterocycles. The molecule has 0 spiro atoms. The topological polar surface area (TPSA) is 60.7 Å². The van der Waals surface area contributed by atoms with Gasteiger partial charge in [-0.05, 0) is 25.8 Å². The molecule has 0 fully saturated rings. The summed E-state index contributed by atoms with van der Waals surface area (Å²) in [7, 11) is 0. The lowest BCUT2D eigenvalue weighted by molar-refractivity contribution is 0.102. The number of nitrogens with zero attached hydrogens (tertiary/aromatic N) is 4. The predicted octanol–water partition coefficient (Wildman–Crippen LogP) is 2.84. The van der Waals surface area contributed by atoms with Gasteiger partial charge in [0.25, 0.3) is 0 Å². The van der Waals surface area contributed by atoms with Crippen molar-refractivity contribution < 1.29 is 4.79 Å². The predicted molar refractivity (Wildman–Crippen MR) is 77.1 cm³/mol. The zero-order valence-corrected chi connectivity index (χ0v) is 12.6. The summed E-state index contributed by atoms with van der Waals surface area (Å²) in [6, 6.07) is 1.76. The highest BCUT2D eigenvalue weighted by Crippen LogP contribution is 2.21. The smallest absolute Gasteiger partial charge is 0.214 e. The van der Waals surface area contributed by atoms with Gasteiger partial charge in [0.2, 0.25) is 5.78 Å². The second-order valence-corrected chi connectivity index (χ2v) is 5.00. The maximum absolute atomic E-state index is 12.7. The fourth-order valence-electron chi connectivity index (χ4n) is 2.07. The number of carbonyl (C=O) groups is 1. The summed E-state index contributed by atoms with van der Waals surface area (Å²) >= 11 is 6.12. The number of aryl methyl sites for hydroxylation is 3. The van der Waals surface area contributed by atoms with E-state index in [4.69, 9.17) is 11.6 Å². The van der Waals surface area contributed by atoms with Crippen LogP contribution in [0, 0.1) is 6.92 Å². The van der Waals surface area contributed by atoms with Crippen LogP contribution in [-0.4, -0.2) is 25.8 Å². The Labute approximate surface area is 123 Å². The van der Waals surface area contributed by atoms with Gasteiger partial charge < -0.3 is 0 Å². The molecule has 106 valence electrons. The SMILES string of the molecule is CCCn1ncc(Cl)c1C(=O)c1cc(C)nnc1CC. The van der Waals surface area contributed by atoms with Crippen LogP contribution in [0.1, 0.15) is 47.7 Å². The molecule has 0 amide bonds. The van der Waals surface area contributed by atoms with Gasteiger partial charge in [-0.2, -0.15) is 15.3 Å². The third-order valence-corrected chi connectivity index (χ3v) is 3.29. The summed E-state index contributed by atoms with van der Waals surface area (Å²) in [6.07, 6.45) is 3.04. The monoisotopic (exact) mass is 292 g/mol. The average molecular weight is 293 g/mol. The first-order valence-corrected chi connectivity index (χ1v) is 7.05. The first kappa shape index (κ1) is 14.7. The van der Waals surface area contributed by atoms with Crippen LogP contribution in [0.2, 0.25) is 5.02 Å². The van der Waals surface area contributed by atoms with Gasteiger partial charge in [0.1, 0.15) is 5.69 Å². The molecular formula is C14H17ClN4O. The molecule has 0 bridgehead atoms. The van der Waals surface area contributed by atoms with E-state index in [1.807, 2.05) is 20.8 Å². The highest BCUT2D eigenvalue weighted by molar-refractivity contribution is 6.34. The van der Waals surface area contributed by atoms with E-state index in [0.717, 1.165) is 6.42 Å². The Kier molecular flexibility index (Phi) is 4.49. The van der Waals surface area contributed by atoms with Crippen LogP contribution < -0.4 is 0 Å². The molecule has 0 saturated carbocycles. The van der Waals surface area contributed by atoms with Crippen LogP contribution >= 0.6 is 11.6 Å². The van der Waals surface area contributed by atoms with Crippen molar-refractivity contribution in [2.24, 2.45) is 0 Å². The summed E-state index contributed by atoms with van der Waals surface area (Å²) < 4.78 is 1.65. The van der Waals surface area contributed by atoms with E-state index in [-0.39, 0.29) is 5.78 Å². The van der Waals surface area contributed by atoms with Crippen molar-refractivity contribution in [3.63, 3.8) is 0 Å². The molecule has 0 aliphatic rings. The summed E-state index contributed by atoms with van der Waals surface area (Å²) in [6.45, 7) is 6.45. The Morgan fingerprint density at radius 2 is 2.10 bits per heavy atom. The van der Waals surface area contributed by atoms with Crippen LogP contribution in [0.5, 0.6) is 0 Å². The molecule has 2 aromatic rings. The third-order valence-electron chi connectivity index (χ3n) is 3.02. The van der Waals surface area contributed by atoms with Gasteiger partial charge in [0.15, 0.2) is 0 Å². The van der Waals surface area contributed by atoms with Crippen LogP contribution in [-0.2, 0) is 13.0 Å². The summed E-state index contributed by atoms with van der Waals surface area (Å²) in [5.41, 5.74) is 2.37. The highest BCUT2D eigenvalue weighted by Gasteiger charge is 2.22. The lowest BCUT2D eigenvalue weighted by Crippen LogP contribution is -2.15. The van der Waals surface area contributed by atoms with Gasteiger partial charge in [-0.3, -0.25) is 9.48 Å². The quantitative estimate of drug-likeness (QED) is 0.795. The van der Waals surface area contributed by atoms with E-state index in [1.165, 1.54) is 6.20 Å². The zero-order valence-electron chi connectivity index (χ0n) is 11.9. The van der Waals surface area contributed by atoms with E-state index in [9.17, 15) is 4.79 Å². The number of ketones is 1. The molecule has 2 heterocycles. The molecule has 0 atom stereocenters. The maximum Gasteiger partial charge on any atom is 0.214 e. The lowest BCUT2D eigenvalue weighted by Gasteiger charge is -2.09. The second kappa shape index (κ2) is 6.13. The minimum absolute atomic E-state index is 0.143. The van der Waals surface area contributed by atoms with E-state index in [2.05, 4.69) is 15.3 Å². The maximum atomic E-state index is 12.7. The van der Waals surface area contributed by atoms with E-state index >= 15 is 0 Å². The second-order valence-electron chi connectivity index (χ2n) is 4.59. The molecule has 2 rings (SSSR count). The van der Waals surface area contributed by atoms with Crippen molar-refractivity contribution in [2.45, 2.75) is 40.2 Å². The van der Waals surface area contributed by atoms with Crippen molar-refractivity contribution in [1.29, 1.82) is 0 Å². The number of rotatable bonds is 5. The van der Waals surface area contributed by atoms with Gasteiger partial charge in [-0.25, -0.2) is 0 Å². The van der Waals surface area contributed by atoms with E-state index in [0.29, 0.717) is 40.6 Å². The Morgan fingerprint density at radius 1 is 1.35 bits per heavy atom. The van der Waals surface area contributed by atoms with E-state index in [1.54, 1.807) is 10.7 Å². The summed E-state index contributed by atoms with van der Waals surface area (Å²) in [5.74, 6) is -0.143. The number of hydrogen-bond acceptors (Lipinski definition) is 4. The third kappa shape index (κ3) is 2.72. The van der Waals surface area contributed by atoms with Crippen molar-refractivity contribution >= 4 is 17.4 Å². The molecule has 0 unspecified atom stereocenters. The fraction of sp³-hybridized carbons (Fsp3) is 0.429. The summed E-state index contributed by atoms with van der Waals surface area (Å²) in [4.78, 5) is 12.7. The minimum Gasteiger partial charge on any atom is -0.287 e. The molecule has 0 saturated heterocycles. The van der Waals surface area contributed by atoms with Crippen molar-refractivity contribution in [1.82, 2.24) is 20.0 Å². The summed E-state index contributed by atoms with van der Waals surface area (Å²) in [5, 5.41) is 12.6. The minimum atomic E-state index is -0.143. The number of hydrogen-bond donors (Lipinski definition) is 0. The van der Waals surface area contributed by atoms with Crippen LogP contribution in [0.3, 0.4) is 0 Å². The normalized spacial score (nSPS) is 10.8. The zero-order chi connectivity index (χ0) is 14.7. The van der Waals surface area contributed by atoms with Crippen LogP contribution in [0.4, 0.5) is 0 Å². The molecule has 0 aliphatic carbocycles. The number of carbonyl (C=O) groups excluding carboxylic acids is 1. The van der Waals surface area contributed by atoms with Crippen LogP contribution in [0.25, 0.3) is 0 Å². The molecule has 2 aromatic heterocycles. The Balaban J connectivity index is 2.51. The van der Waals surface area contributed by atoms with E-state index < -0.39 is 0 Å². The highest BCUT2D eigenvalue weighted by atomic mass is 35.5. The molecule has 0 aromatic carbocycles. The first-order chi connectivity index (χ1) is 9.58. The van der Waals surface area contributed by atoms with Gasteiger partial charge in [0, 0.05) is 12.1 Å². The Hall–Kier alpha value is -1.75. The molecule has 0 N–H and O–H groups in total. The molecule has 20 heavy (non-hydrogen) atoms. The first-order valence-electron chi connectivity index (χ1n) is 6.67. The van der Waals surface area contributed by atoms with Crippen LogP contribution in [0.15, 0.2) is 12.3 Å². The molecule has 0 radical (unpaired) electrons. The van der Waals surface area contributed by atoms with Crippen molar-refractivity contribution in [3.05, 3.63) is 39.9 Å².